The summed E-state index contributed by atoms with van der Waals surface area (Å²) in [7, 11) is 0. The molecule has 0 aliphatic carbocycles. The Morgan fingerprint density at radius 1 is 1.56 bits per heavy atom. The molecule has 0 saturated heterocycles. The summed E-state index contributed by atoms with van der Waals surface area (Å²) in [4.78, 5) is 15.2. The average Bonchev–Trinajstić information content (AvgIpc) is 2.48. The van der Waals surface area contributed by atoms with Crippen molar-refractivity contribution >= 4 is 6.09 Å². The van der Waals surface area contributed by atoms with E-state index in [1.54, 1.807) is 12.5 Å². The second-order valence-electron chi connectivity index (χ2n) is 4.47. The van der Waals surface area contributed by atoms with Gasteiger partial charge in [-0.05, 0) is 27.7 Å². The standard InChI is InChI=1S/C10H18N4O2/c1-8-5-11-6-14(8)7-12-13-9(15)16-10(2,3)4/h5-6,12H,7H2,1-4H3,(H,13,15). The van der Waals surface area contributed by atoms with Gasteiger partial charge in [-0.15, -0.1) is 0 Å². The Balaban J connectivity index is 2.26. The molecule has 1 aromatic heterocycles. The van der Waals surface area contributed by atoms with E-state index in [0.717, 1.165) is 5.69 Å². The molecule has 0 atom stereocenters. The highest BCUT2D eigenvalue weighted by Crippen LogP contribution is 2.05. The van der Waals surface area contributed by atoms with Crippen LogP contribution in [0.4, 0.5) is 4.79 Å². The molecule has 6 heteroatoms. The van der Waals surface area contributed by atoms with Crippen LogP contribution in [0.2, 0.25) is 0 Å². The van der Waals surface area contributed by atoms with E-state index >= 15 is 0 Å². The molecule has 0 spiro atoms. The Morgan fingerprint density at radius 2 is 2.25 bits per heavy atom. The predicted octanol–water partition coefficient (Wildman–Crippen LogP) is 1.18. The average molecular weight is 226 g/mol. The molecule has 0 bridgehead atoms. The van der Waals surface area contributed by atoms with E-state index in [2.05, 4.69) is 15.8 Å². The maximum atomic E-state index is 11.3. The summed E-state index contributed by atoms with van der Waals surface area (Å²) in [5.74, 6) is 0. The molecule has 0 unspecified atom stereocenters. The number of aryl methyl sites for hydroxylation is 1. The number of carbonyl (C=O) groups excluding carboxylic acids is 1. The fourth-order valence-corrected chi connectivity index (χ4v) is 1.05. The fourth-order valence-electron chi connectivity index (χ4n) is 1.05. The topological polar surface area (TPSA) is 68.2 Å². The van der Waals surface area contributed by atoms with E-state index in [1.165, 1.54) is 0 Å². The number of rotatable bonds is 3. The van der Waals surface area contributed by atoms with Crippen LogP contribution >= 0.6 is 0 Å². The van der Waals surface area contributed by atoms with Crippen LogP contribution in [0, 0.1) is 6.92 Å². The van der Waals surface area contributed by atoms with Gasteiger partial charge in [-0.3, -0.25) is 5.43 Å². The van der Waals surface area contributed by atoms with Crippen LogP contribution in [0.15, 0.2) is 12.5 Å². The molecule has 2 N–H and O–H groups in total. The summed E-state index contributed by atoms with van der Waals surface area (Å²) >= 11 is 0. The number of aromatic nitrogens is 2. The second-order valence-corrected chi connectivity index (χ2v) is 4.47. The van der Waals surface area contributed by atoms with Gasteiger partial charge in [-0.2, -0.15) is 0 Å². The first-order chi connectivity index (χ1) is 7.38. The van der Waals surface area contributed by atoms with Gasteiger partial charge in [0.1, 0.15) is 5.60 Å². The van der Waals surface area contributed by atoms with Crippen LogP contribution in [0.1, 0.15) is 26.5 Å². The van der Waals surface area contributed by atoms with Crippen LogP contribution in [-0.2, 0) is 11.4 Å². The normalized spacial score (nSPS) is 11.2. The van der Waals surface area contributed by atoms with Gasteiger partial charge in [0, 0.05) is 11.9 Å². The van der Waals surface area contributed by atoms with Gasteiger partial charge in [0.2, 0.25) is 0 Å². The molecule has 1 aromatic rings. The SMILES string of the molecule is Cc1cncn1CNNC(=O)OC(C)(C)C. The van der Waals surface area contributed by atoms with Crippen molar-refractivity contribution in [2.45, 2.75) is 40.0 Å². The molecular formula is C10H18N4O2. The van der Waals surface area contributed by atoms with E-state index in [0.29, 0.717) is 6.67 Å². The molecule has 0 aliphatic rings. The number of hydrogen-bond donors (Lipinski definition) is 2. The summed E-state index contributed by atoms with van der Waals surface area (Å²) in [6.45, 7) is 7.82. The lowest BCUT2D eigenvalue weighted by Crippen LogP contribution is -2.41. The lowest BCUT2D eigenvalue weighted by atomic mass is 10.2. The highest BCUT2D eigenvalue weighted by Gasteiger charge is 2.15. The number of hydrazine groups is 1. The number of hydrogen-bond acceptors (Lipinski definition) is 4. The van der Waals surface area contributed by atoms with Crippen molar-refractivity contribution in [3.8, 4) is 0 Å². The predicted molar refractivity (Wildman–Crippen MR) is 59.5 cm³/mol. The van der Waals surface area contributed by atoms with E-state index < -0.39 is 11.7 Å². The first kappa shape index (κ1) is 12.5. The smallest absolute Gasteiger partial charge is 0.422 e. The van der Waals surface area contributed by atoms with E-state index in [4.69, 9.17) is 4.74 Å². The van der Waals surface area contributed by atoms with Gasteiger partial charge in [0.25, 0.3) is 0 Å². The van der Waals surface area contributed by atoms with Crippen molar-refractivity contribution in [3.05, 3.63) is 18.2 Å². The largest absolute Gasteiger partial charge is 0.443 e. The first-order valence-electron chi connectivity index (χ1n) is 5.07. The van der Waals surface area contributed by atoms with Crippen LogP contribution in [0.3, 0.4) is 0 Å². The summed E-state index contributed by atoms with van der Waals surface area (Å²) in [6.07, 6.45) is 2.93. The third-order valence-corrected chi connectivity index (χ3v) is 1.76. The number of imidazole rings is 1. The van der Waals surface area contributed by atoms with Gasteiger partial charge in [-0.1, -0.05) is 0 Å². The van der Waals surface area contributed by atoms with Crippen molar-refractivity contribution in [2.24, 2.45) is 0 Å². The van der Waals surface area contributed by atoms with Gasteiger partial charge in [0.15, 0.2) is 0 Å². The zero-order valence-corrected chi connectivity index (χ0v) is 10.1. The zero-order valence-electron chi connectivity index (χ0n) is 10.1. The van der Waals surface area contributed by atoms with Gasteiger partial charge < -0.3 is 9.30 Å². The third kappa shape index (κ3) is 4.31. The molecular weight excluding hydrogens is 208 g/mol. The third-order valence-electron chi connectivity index (χ3n) is 1.76. The van der Waals surface area contributed by atoms with E-state index in [-0.39, 0.29) is 0 Å². The molecule has 90 valence electrons. The molecule has 1 amide bonds. The quantitative estimate of drug-likeness (QED) is 0.759. The Hall–Kier alpha value is -1.56. The van der Waals surface area contributed by atoms with Crippen LogP contribution in [0.25, 0.3) is 0 Å². The number of nitrogens with zero attached hydrogens (tertiary/aromatic N) is 2. The van der Waals surface area contributed by atoms with Crippen molar-refractivity contribution in [1.29, 1.82) is 0 Å². The van der Waals surface area contributed by atoms with Crippen molar-refractivity contribution in [2.75, 3.05) is 0 Å². The summed E-state index contributed by atoms with van der Waals surface area (Å²) < 4.78 is 6.91. The highest BCUT2D eigenvalue weighted by atomic mass is 16.6. The second kappa shape index (κ2) is 4.98. The minimum atomic E-state index is -0.495. The molecule has 0 radical (unpaired) electrons. The Labute approximate surface area is 95.0 Å². The summed E-state index contributed by atoms with van der Waals surface area (Å²) in [5, 5.41) is 0. The van der Waals surface area contributed by atoms with Crippen molar-refractivity contribution in [1.82, 2.24) is 20.4 Å². The molecule has 0 fully saturated rings. The van der Waals surface area contributed by atoms with Crippen LogP contribution < -0.4 is 10.9 Å². The summed E-state index contributed by atoms with van der Waals surface area (Å²) in [6, 6.07) is 0. The van der Waals surface area contributed by atoms with Gasteiger partial charge in [-0.25, -0.2) is 15.2 Å². The van der Waals surface area contributed by atoms with Gasteiger partial charge >= 0.3 is 6.09 Å². The molecule has 0 aromatic carbocycles. The molecule has 16 heavy (non-hydrogen) atoms. The Bertz CT molecular complexity index is 354. The van der Waals surface area contributed by atoms with E-state index in [1.807, 2.05) is 32.3 Å². The number of carbonyl (C=O) groups is 1. The highest BCUT2D eigenvalue weighted by molar-refractivity contribution is 5.66. The molecule has 6 nitrogen and oxygen atoms in total. The van der Waals surface area contributed by atoms with Crippen molar-refractivity contribution in [3.63, 3.8) is 0 Å². The number of ether oxygens (including phenoxy) is 1. The molecule has 1 heterocycles. The minimum absolute atomic E-state index is 0.449. The number of amides is 1. The van der Waals surface area contributed by atoms with Crippen LogP contribution in [-0.4, -0.2) is 21.2 Å². The zero-order chi connectivity index (χ0) is 12.2. The minimum Gasteiger partial charge on any atom is -0.443 e. The van der Waals surface area contributed by atoms with E-state index in [9.17, 15) is 4.79 Å². The monoisotopic (exact) mass is 226 g/mol. The Kier molecular flexibility index (Phi) is 3.89. The fraction of sp³-hybridized carbons (Fsp3) is 0.600. The Morgan fingerprint density at radius 3 is 2.75 bits per heavy atom. The molecule has 0 saturated carbocycles. The number of nitrogens with one attached hydrogen (secondary N) is 2. The lowest BCUT2D eigenvalue weighted by Gasteiger charge is -2.20. The van der Waals surface area contributed by atoms with Crippen LogP contribution in [0.5, 0.6) is 0 Å². The van der Waals surface area contributed by atoms with Gasteiger partial charge in [0.05, 0.1) is 13.0 Å². The molecule has 0 aliphatic heterocycles. The summed E-state index contributed by atoms with van der Waals surface area (Å²) in [5.41, 5.74) is 5.72. The first-order valence-corrected chi connectivity index (χ1v) is 5.07. The maximum absolute atomic E-state index is 11.3. The molecule has 1 rings (SSSR count). The lowest BCUT2D eigenvalue weighted by molar-refractivity contribution is 0.0491. The van der Waals surface area contributed by atoms with Crippen molar-refractivity contribution < 1.29 is 9.53 Å². The maximum Gasteiger partial charge on any atom is 0.422 e.